The van der Waals surface area contributed by atoms with Gasteiger partial charge >= 0.3 is 0 Å². The molecule has 1 saturated heterocycles. The molecule has 3 heterocycles. The van der Waals surface area contributed by atoms with Gasteiger partial charge in [-0.3, -0.25) is 9.59 Å². The van der Waals surface area contributed by atoms with E-state index in [2.05, 4.69) is 10.3 Å². The molecule has 6 rings (SSSR count). The normalized spacial score (nSPS) is 23.9. The summed E-state index contributed by atoms with van der Waals surface area (Å²) in [6, 6.07) is 15.6. The number of carbonyl (C=O) groups excluding carboxylic acids is 2. The van der Waals surface area contributed by atoms with Gasteiger partial charge < -0.3 is 19.9 Å². The molecule has 3 aliphatic rings. The standard InChI is InChI=1S/C27H29N3O3/c31-25(29-19-10-9-18-11-14-28-23(18)16-19)24-21-7-1-2-8-22(21)26(32)30(17-20-6-5-15-33-20)27(24)12-3-4-13-27/h1-2,7-11,14,16,20,24,28H,3-6,12-13,15,17H2,(H,29,31). The van der Waals surface area contributed by atoms with Gasteiger partial charge in [0.2, 0.25) is 5.91 Å². The van der Waals surface area contributed by atoms with Crippen molar-refractivity contribution in [2.75, 3.05) is 18.5 Å². The molecule has 33 heavy (non-hydrogen) atoms. The van der Waals surface area contributed by atoms with Crippen molar-refractivity contribution in [3.63, 3.8) is 0 Å². The fraction of sp³-hybridized carbons (Fsp3) is 0.407. The first-order valence-corrected chi connectivity index (χ1v) is 12.1. The molecule has 1 aromatic heterocycles. The number of hydrogen-bond acceptors (Lipinski definition) is 3. The van der Waals surface area contributed by atoms with Crippen LogP contribution in [0.25, 0.3) is 10.9 Å². The van der Waals surface area contributed by atoms with Crippen molar-refractivity contribution in [1.29, 1.82) is 0 Å². The molecule has 6 heteroatoms. The minimum atomic E-state index is -0.502. The topological polar surface area (TPSA) is 74.4 Å². The average molecular weight is 444 g/mol. The summed E-state index contributed by atoms with van der Waals surface area (Å²) in [6.07, 6.45) is 7.67. The van der Waals surface area contributed by atoms with Gasteiger partial charge in [-0.2, -0.15) is 0 Å². The zero-order chi connectivity index (χ0) is 22.4. The summed E-state index contributed by atoms with van der Waals surface area (Å²) in [5.74, 6) is -0.408. The fourth-order valence-electron chi connectivity index (χ4n) is 6.26. The van der Waals surface area contributed by atoms with Crippen molar-refractivity contribution in [2.24, 2.45) is 0 Å². The lowest BCUT2D eigenvalue weighted by Gasteiger charge is -2.50. The Morgan fingerprint density at radius 3 is 2.79 bits per heavy atom. The smallest absolute Gasteiger partial charge is 0.254 e. The highest BCUT2D eigenvalue weighted by Crippen LogP contribution is 2.51. The number of ether oxygens (including phenoxy) is 1. The number of nitrogens with one attached hydrogen (secondary N) is 2. The Morgan fingerprint density at radius 2 is 1.97 bits per heavy atom. The second kappa shape index (κ2) is 8.03. The Hall–Kier alpha value is -3.12. The lowest BCUT2D eigenvalue weighted by molar-refractivity contribution is -0.121. The second-order valence-electron chi connectivity index (χ2n) is 9.65. The van der Waals surface area contributed by atoms with Crippen LogP contribution in [0.15, 0.2) is 54.7 Å². The van der Waals surface area contributed by atoms with Crippen LogP contribution in [-0.2, 0) is 9.53 Å². The first kappa shape index (κ1) is 20.5. The fourth-order valence-corrected chi connectivity index (χ4v) is 6.26. The molecule has 170 valence electrons. The number of aromatic nitrogens is 1. The highest BCUT2D eigenvalue weighted by atomic mass is 16.5. The second-order valence-corrected chi connectivity index (χ2v) is 9.65. The number of nitrogens with zero attached hydrogens (tertiary/aromatic N) is 1. The number of anilines is 1. The third kappa shape index (κ3) is 3.35. The van der Waals surface area contributed by atoms with E-state index in [1.54, 1.807) is 0 Å². The molecule has 0 bridgehead atoms. The van der Waals surface area contributed by atoms with Gasteiger partial charge in [0, 0.05) is 36.1 Å². The number of H-pyrrole nitrogens is 1. The van der Waals surface area contributed by atoms with Crippen LogP contribution >= 0.6 is 0 Å². The number of amides is 2. The number of aromatic amines is 1. The number of hydrogen-bond donors (Lipinski definition) is 2. The first-order valence-electron chi connectivity index (χ1n) is 12.1. The molecule has 2 amide bonds. The summed E-state index contributed by atoms with van der Waals surface area (Å²) >= 11 is 0. The molecule has 2 fully saturated rings. The maximum atomic E-state index is 14.0. The molecular formula is C27H29N3O3. The van der Waals surface area contributed by atoms with Crippen LogP contribution < -0.4 is 5.32 Å². The van der Waals surface area contributed by atoms with Gasteiger partial charge in [0.15, 0.2) is 0 Å². The van der Waals surface area contributed by atoms with Crippen LogP contribution in [0.3, 0.4) is 0 Å². The molecule has 2 aromatic carbocycles. The molecule has 0 radical (unpaired) electrons. The van der Waals surface area contributed by atoms with Crippen LogP contribution in [0, 0.1) is 0 Å². The third-order valence-electron chi connectivity index (χ3n) is 7.79. The van der Waals surface area contributed by atoms with Crippen molar-refractivity contribution in [2.45, 2.75) is 56.1 Å². The van der Waals surface area contributed by atoms with Gasteiger partial charge in [-0.25, -0.2) is 0 Å². The van der Waals surface area contributed by atoms with Gasteiger partial charge in [0.25, 0.3) is 5.91 Å². The van der Waals surface area contributed by atoms with Crippen LogP contribution in [0.1, 0.15) is 60.4 Å². The summed E-state index contributed by atoms with van der Waals surface area (Å²) in [5.41, 5.74) is 2.75. The number of fused-ring (bicyclic) bond motifs is 2. The zero-order valence-electron chi connectivity index (χ0n) is 18.7. The minimum absolute atomic E-state index is 0.0415. The lowest BCUT2D eigenvalue weighted by atomic mass is 9.71. The van der Waals surface area contributed by atoms with Gasteiger partial charge in [0.05, 0.1) is 17.6 Å². The summed E-state index contributed by atoms with van der Waals surface area (Å²) in [5, 5.41) is 4.29. The molecule has 1 aliphatic carbocycles. The average Bonchev–Trinajstić information content (AvgIpc) is 3.59. The quantitative estimate of drug-likeness (QED) is 0.606. The van der Waals surface area contributed by atoms with E-state index >= 15 is 0 Å². The molecule has 2 unspecified atom stereocenters. The summed E-state index contributed by atoms with van der Waals surface area (Å²) in [6.45, 7) is 1.31. The van der Waals surface area contributed by atoms with E-state index in [1.165, 1.54) is 0 Å². The van der Waals surface area contributed by atoms with Gasteiger partial charge in [-0.1, -0.05) is 37.1 Å². The molecule has 2 aliphatic heterocycles. The van der Waals surface area contributed by atoms with Gasteiger partial charge in [-0.05, 0) is 60.9 Å². The molecule has 2 atom stereocenters. The number of rotatable bonds is 4. The van der Waals surface area contributed by atoms with E-state index in [4.69, 9.17) is 4.74 Å². The van der Waals surface area contributed by atoms with E-state index in [0.717, 1.165) is 67.3 Å². The lowest BCUT2D eigenvalue weighted by Crippen LogP contribution is -2.61. The predicted octanol–water partition coefficient (Wildman–Crippen LogP) is 4.84. The minimum Gasteiger partial charge on any atom is -0.376 e. The molecule has 1 saturated carbocycles. The molecule has 1 spiro atoms. The van der Waals surface area contributed by atoms with Crippen LogP contribution in [0.2, 0.25) is 0 Å². The maximum Gasteiger partial charge on any atom is 0.254 e. The zero-order valence-corrected chi connectivity index (χ0v) is 18.7. The molecule has 2 N–H and O–H groups in total. The monoisotopic (exact) mass is 443 g/mol. The van der Waals surface area contributed by atoms with E-state index in [-0.39, 0.29) is 17.9 Å². The highest BCUT2D eigenvalue weighted by Gasteiger charge is 2.56. The summed E-state index contributed by atoms with van der Waals surface area (Å²) < 4.78 is 5.92. The van der Waals surface area contributed by atoms with Crippen LogP contribution in [0.5, 0.6) is 0 Å². The van der Waals surface area contributed by atoms with Crippen LogP contribution in [-0.4, -0.2) is 46.5 Å². The van der Waals surface area contributed by atoms with Crippen molar-refractivity contribution in [1.82, 2.24) is 9.88 Å². The Bertz CT molecular complexity index is 1200. The van der Waals surface area contributed by atoms with E-state index < -0.39 is 11.5 Å². The Balaban J connectivity index is 1.41. The Kier molecular flexibility index (Phi) is 4.98. The number of benzene rings is 2. The summed E-state index contributed by atoms with van der Waals surface area (Å²) in [4.78, 5) is 32.9. The van der Waals surface area contributed by atoms with Crippen LogP contribution in [0.4, 0.5) is 5.69 Å². The predicted molar refractivity (Wildman–Crippen MR) is 127 cm³/mol. The molecular weight excluding hydrogens is 414 g/mol. The third-order valence-corrected chi connectivity index (χ3v) is 7.79. The van der Waals surface area contributed by atoms with Crippen molar-refractivity contribution in [3.05, 3.63) is 65.9 Å². The Labute approximate surface area is 193 Å². The molecule has 3 aromatic rings. The maximum absolute atomic E-state index is 14.0. The SMILES string of the molecule is O=C(Nc1ccc2cc[nH]c2c1)C1c2ccccc2C(=O)N(CC2CCCO2)C12CCCC2. The van der Waals surface area contributed by atoms with Crippen molar-refractivity contribution in [3.8, 4) is 0 Å². The highest BCUT2D eigenvalue weighted by molar-refractivity contribution is 6.05. The molecule has 6 nitrogen and oxygen atoms in total. The number of carbonyl (C=O) groups is 2. The first-order chi connectivity index (χ1) is 16.2. The van der Waals surface area contributed by atoms with E-state index in [0.29, 0.717) is 12.1 Å². The van der Waals surface area contributed by atoms with Crippen molar-refractivity contribution >= 4 is 28.4 Å². The van der Waals surface area contributed by atoms with E-state index in [9.17, 15) is 9.59 Å². The van der Waals surface area contributed by atoms with E-state index in [1.807, 2.05) is 59.6 Å². The van der Waals surface area contributed by atoms with Gasteiger partial charge in [-0.15, -0.1) is 0 Å². The van der Waals surface area contributed by atoms with Gasteiger partial charge in [0.1, 0.15) is 0 Å². The largest absolute Gasteiger partial charge is 0.376 e. The Morgan fingerprint density at radius 1 is 1.12 bits per heavy atom. The van der Waals surface area contributed by atoms with Crippen molar-refractivity contribution < 1.29 is 14.3 Å². The summed E-state index contributed by atoms with van der Waals surface area (Å²) in [7, 11) is 0.